The van der Waals surface area contributed by atoms with Crippen LogP contribution >= 0.6 is 0 Å². The Morgan fingerprint density at radius 1 is 1.07 bits per heavy atom. The van der Waals surface area contributed by atoms with E-state index in [1.807, 2.05) is 6.07 Å². The Morgan fingerprint density at radius 3 is 2.42 bits per heavy atom. The van der Waals surface area contributed by atoms with Gasteiger partial charge in [-0.2, -0.15) is 9.65 Å². The molecule has 1 fully saturated rings. The van der Waals surface area contributed by atoms with E-state index >= 15 is 0 Å². The molecule has 1 aliphatic carbocycles. The first-order valence-electron chi connectivity index (χ1n) is 12.3. The van der Waals surface area contributed by atoms with Crippen molar-refractivity contribution in [2.75, 3.05) is 0 Å². The van der Waals surface area contributed by atoms with Gasteiger partial charge < -0.3 is 9.84 Å². The summed E-state index contributed by atoms with van der Waals surface area (Å²) in [5.41, 5.74) is 4.36. The van der Waals surface area contributed by atoms with E-state index in [0.717, 1.165) is 37.0 Å². The molecule has 0 saturated heterocycles. The summed E-state index contributed by atoms with van der Waals surface area (Å²) in [6, 6.07) is 17.9. The van der Waals surface area contributed by atoms with Gasteiger partial charge in [0.05, 0.1) is 22.5 Å². The van der Waals surface area contributed by atoms with Crippen LogP contribution in [-0.2, 0) is 4.79 Å². The van der Waals surface area contributed by atoms with Crippen LogP contribution < -0.4 is 4.74 Å². The molecule has 0 amide bonds. The van der Waals surface area contributed by atoms with E-state index in [1.165, 1.54) is 18.2 Å². The van der Waals surface area contributed by atoms with Crippen LogP contribution in [0, 0.1) is 23.2 Å². The first-order chi connectivity index (χ1) is 19.1. The number of hydrogen-bond acceptors (Lipinski definition) is 4. The van der Waals surface area contributed by atoms with E-state index in [-0.39, 0.29) is 16.9 Å². The molecule has 1 aliphatic rings. The van der Waals surface area contributed by atoms with E-state index < -0.39 is 24.0 Å². The van der Waals surface area contributed by atoms with Crippen LogP contribution in [0.3, 0.4) is 0 Å². The molecule has 1 saturated carbocycles. The fourth-order valence-corrected chi connectivity index (χ4v) is 4.85. The number of carboxylic acid groups (broad SMARTS) is 1. The minimum atomic E-state index is -4.91. The summed E-state index contributed by atoms with van der Waals surface area (Å²) in [6.07, 6.45) is 0.0890. The number of ether oxygens (including phenoxy) is 1. The maximum absolute atomic E-state index is 14.5. The number of nitriles is 1. The summed E-state index contributed by atoms with van der Waals surface area (Å²) >= 11 is 0. The maximum atomic E-state index is 14.5. The molecule has 0 spiro atoms. The van der Waals surface area contributed by atoms with Crippen LogP contribution in [0.25, 0.3) is 28.1 Å². The van der Waals surface area contributed by atoms with Gasteiger partial charge in [-0.1, -0.05) is 36.8 Å². The lowest BCUT2D eigenvalue weighted by molar-refractivity contribution is -0.274. The summed E-state index contributed by atoms with van der Waals surface area (Å²) in [5, 5.41) is 25.4. The number of fused-ring (bicyclic) bond motifs is 1. The number of halogens is 4. The number of H-pyrrole nitrogens is 1. The van der Waals surface area contributed by atoms with E-state index in [0.29, 0.717) is 33.3 Å². The molecule has 1 aromatic heterocycles. The zero-order valence-electron chi connectivity index (χ0n) is 20.8. The minimum Gasteiger partial charge on any atom is -0.478 e. The van der Waals surface area contributed by atoms with Gasteiger partial charge >= 0.3 is 12.3 Å². The zero-order valence-corrected chi connectivity index (χ0v) is 20.8. The van der Waals surface area contributed by atoms with Gasteiger partial charge in [0.15, 0.2) is 0 Å². The van der Waals surface area contributed by atoms with Gasteiger partial charge in [-0.25, -0.2) is 4.79 Å². The summed E-state index contributed by atoms with van der Waals surface area (Å²) in [7, 11) is 0. The van der Waals surface area contributed by atoms with Gasteiger partial charge in [0, 0.05) is 6.08 Å². The Kier molecular flexibility index (Phi) is 7.13. The highest BCUT2D eigenvalue weighted by atomic mass is 19.4. The van der Waals surface area contributed by atoms with Crippen LogP contribution in [0.15, 0.2) is 66.7 Å². The topological polar surface area (TPSA) is 99.0 Å². The Balaban J connectivity index is 1.76. The van der Waals surface area contributed by atoms with Crippen molar-refractivity contribution in [2.45, 2.75) is 25.6 Å². The summed E-state index contributed by atoms with van der Waals surface area (Å²) in [4.78, 5) is 10.9. The number of nitrogens with zero attached hydrogens (tertiary/aromatic N) is 2. The molecule has 0 bridgehead atoms. The van der Waals surface area contributed by atoms with Gasteiger partial charge in [0.25, 0.3) is 0 Å². The number of aliphatic carboxylic acids is 1. The second-order valence-corrected chi connectivity index (χ2v) is 9.35. The van der Waals surface area contributed by atoms with Crippen molar-refractivity contribution in [3.05, 3.63) is 101 Å². The highest BCUT2D eigenvalue weighted by Gasteiger charge is 2.33. The molecule has 5 rings (SSSR count). The van der Waals surface area contributed by atoms with Crippen LogP contribution in [0.5, 0.6) is 5.75 Å². The van der Waals surface area contributed by atoms with Crippen molar-refractivity contribution in [1.82, 2.24) is 10.2 Å². The van der Waals surface area contributed by atoms with Crippen molar-refractivity contribution >= 4 is 34.1 Å². The Morgan fingerprint density at radius 2 is 1.80 bits per heavy atom. The van der Waals surface area contributed by atoms with E-state index in [9.17, 15) is 27.6 Å². The van der Waals surface area contributed by atoms with Crippen molar-refractivity contribution in [2.24, 2.45) is 5.92 Å². The van der Waals surface area contributed by atoms with Crippen LogP contribution in [0.1, 0.15) is 47.1 Å². The molecule has 10 heteroatoms. The molecule has 40 heavy (non-hydrogen) atoms. The number of hydrogen-bond donors (Lipinski definition) is 2. The number of carboxylic acids is 1. The molecule has 4 aromatic rings. The highest BCUT2D eigenvalue weighted by molar-refractivity contribution is 6.02. The quantitative estimate of drug-likeness (QED) is 0.143. The largest absolute Gasteiger partial charge is 0.573 e. The lowest BCUT2D eigenvalue weighted by Crippen LogP contribution is -2.18. The molecule has 0 unspecified atom stereocenters. The summed E-state index contributed by atoms with van der Waals surface area (Å²) in [5.74, 6) is -2.28. The van der Waals surface area contributed by atoms with Gasteiger partial charge in [0.1, 0.15) is 5.75 Å². The van der Waals surface area contributed by atoms with Gasteiger partial charge in [-0.05, 0) is 88.6 Å². The second kappa shape index (κ2) is 10.7. The third-order valence-electron chi connectivity index (χ3n) is 6.84. The first-order valence-corrected chi connectivity index (χ1v) is 12.3. The van der Waals surface area contributed by atoms with Crippen molar-refractivity contribution in [3.63, 3.8) is 0 Å². The molecule has 0 aliphatic heterocycles. The standard InChI is InChI=1S/C30H21F4N3O3/c31-29-24-15-20(9-12-25(24)36-37-29)27(19-7-4-17(5-8-19)6-13-26(38)39)28(18-2-1-3-18)23-11-10-22(14-21(23)16-35)40-30(32,33)34/h4-15,18H,1-3H2,(H,36,37)(H,38,39). The molecular formula is C30H21F4N3O3. The second-order valence-electron chi connectivity index (χ2n) is 9.35. The Hall–Kier alpha value is -4.91. The molecular weight excluding hydrogens is 526 g/mol. The van der Waals surface area contributed by atoms with Crippen molar-refractivity contribution in [3.8, 4) is 11.8 Å². The predicted molar refractivity (Wildman–Crippen MR) is 140 cm³/mol. The molecule has 202 valence electrons. The summed E-state index contributed by atoms with van der Waals surface area (Å²) < 4.78 is 57.2. The van der Waals surface area contributed by atoms with Crippen LogP contribution in [0.2, 0.25) is 0 Å². The van der Waals surface area contributed by atoms with Gasteiger partial charge in [-0.3, -0.25) is 5.10 Å². The zero-order chi connectivity index (χ0) is 28.4. The number of alkyl halides is 3. The monoisotopic (exact) mass is 547 g/mol. The molecule has 3 aromatic carbocycles. The Labute approximate surface area is 225 Å². The third kappa shape index (κ3) is 5.59. The molecule has 1 heterocycles. The van der Waals surface area contributed by atoms with E-state index in [2.05, 4.69) is 14.9 Å². The molecule has 0 radical (unpaired) electrons. The van der Waals surface area contributed by atoms with Gasteiger partial charge in [0.2, 0.25) is 5.95 Å². The Bertz CT molecular complexity index is 1690. The number of allylic oxidation sites excluding steroid dienone is 1. The number of carbonyl (C=O) groups is 1. The van der Waals surface area contributed by atoms with E-state index in [1.54, 1.807) is 42.5 Å². The lowest BCUT2D eigenvalue weighted by atomic mass is 9.72. The number of rotatable bonds is 7. The minimum absolute atomic E-state index is 0.00652. The average Bonchev–Trinajstić information content (AvgIpc) is 3.25. The lowest BCUT2D eigenvalue weighted by Gasteiger charge is -2.32. The van der Waals surface area contributed by atoms with Crippen molar-refractivity contribution in [1.29, 1.82) is 5.26 Å². The van der Waals surface area contributed by atoms with Crippen LogP contribution in [-0.4, -0.2) is 27.6 Å². The fourth-order valence-electron chi connectivity index (χ4n) is 4.85. The first kappa shape index (κ1) is 26.7. The third-order valence-corrected chi connectivity index (χ3v) is 6.84. The number of aromatic nitrogens is 2. The molecule has 2 N–H and O–H groups in total. The number of benzene rings is 3. The number of aromatic amines is 1. The number of nitrogens with one attached hydrogen (secondary N) is 1. The maximum Gasteiger partial charge on any atom is 0.573 e. The predicted octanol–water partition coefficient (Wildman–Crippen LogP) is 7.33. The fraction of sp³-hybridized carbons (Fsp3) is 0.167. The SMILES string of the molecule is N#Cc1cc(OC(F)(F)F)ccc1C(=C(c1ccc(C=CC(=O)O)cc1)c1ccc2[nH]nc(F)c2c1)C1CCC1. The average molecular weight is 548 g/mol. The van der Waals surface area contributed by atoms with Crippen molar-refractivity contribution < 1.29 is 32.2 Å². The van der Waals surface area contributed by atoms with Gasteiger partial charge in [-0.15, -0.1) is 18.3 Å². The summed E-state index contributed by atoms with van der Waals surface area (Å²) in [6.45, 7) is 0. The molecule has 0 atom stereocenters. The van der Waals surface area contributed by atoms with Crippen LogP contribution in [0.4, 0.5) is 17.6 Å². The highest BCUT2D eigenvalue weighted by Crippen LogP contribution is 2.46. The molecule has 6 nitrogen and oxygen atoms in total. The van der Waals surface area contributed by atoms with E-state index in [4.69, 9.17) is 5.11 Å². The normalized spacial score (nSPS) is 14.6. The smallest absolute Gasteiger partial charge is 0.478 e.